The zero-order valence-electron chi connectivity index (χ0n) is 10.5. The first kappa shape index (κ1) is 12.4. The van der Waals surface area contributed by atoms with Crippen molar-refractivity contribution in [1.29, 1.82) is 0 Å². The Morgan fingerprint density at radius 3 is 2.53 bits per heavy atom. The molecule has 1 aliphatic carbocycles. The molecular weight excluding hydrogens is 216 g/mol. The summed E-state index contributed by atoms with van der Waals surface area (Å²) in [6, 6.07) is 0.271. The van der Waals surface area contributed by atoms with Crippen LogP contribution in [0.4, 0.5) is 0 Å². The van der Waals surface area contributed by atoms with Gasteiger partial charge in [-0.3, -0.25) is 9.59 Å². The molecule has 4 heteroatoms. The minimum absolute atomic E-state index is 0.104. The van der Waals surface area contributed by atoms with E-state index in [4.69, 9.17) is 5.73 Å². The van der Waals surface area contributed by atoms with Gasteiger partial charge in [-0.25, -0.2) is 0 Å². The van der Waals surface area contributed by atoms with Crippen molar-refractivity contribution in [1.82, 2.24) is 4.90 Å². The fourth-order valence-electron chi connectivity index (χ4n) is 3.19. The highest BCUT2D eigenvalue weighted by Gasteiger charge is 2.37. The summed E-state index contributed by atoms with van der Waals surface area (Å²) in [6.07, 6.45) is 6.61. The van der Waals surface area contributed by atoms with Crippen molar-refractivity contribution in [3.8, 4) is 0 Å². The fourth-order valence-corrected chi connectivity index (χ4v) is 3.19. The molecule has 0 radical (unpaired) electrons. The third kappa shape index (κ3) is 2.61. The second-order valence-electron chi connectivity index (χ2n) is 5.49. The highest BCUT2D eigenvalue weighted by atomic mass is 16.2. The van der Waals surface area contributed by atoms with Crippen molar-refractivity contribution < 1.29 is 9.59 Å². The predicted molar refractivity (Wildman–Crippen MR) is 65.1 cm³/mol. The van der Waals surface area contributed by atoms with Gasteiger partial charge >= 0.3 is 0 Å². The Hall–Kier alpha value is -1.06. The summed E-state index contributed by atoms with van der Waals surface area (Å²) in [6.45, 7) is 2.66. The van der Waals surface area contributed by atoms with E-state index >= 15 is 0 Å². The third-order valence-electron chi connectivity index (χ3n) is 4.38. The summed E-state index contributed by atoms with van der Waals surface area (Å²) < 4.78 is 0. The molecule has 1 aliphatic heterocycles. The quantitative estimate of drug-likeness (QED) is 0.805. The molecule has 0 aromatic rings. The molecule has 1 saturated carbocycles. The van der Waals surface area contributed by atoms with Crippen LogP contribution in [0.1, 0.15) is 45.4 Å². The molecule has 2 unspecified atom stereocenters. The molecule has 2 fully saturated rings. The van der Waals surface area contributed by atoms with Gasteiger partial charge in [0.2, 0.25) is 11.8 Å². The summed E-state index contributed by atoms with van der Waals surface area (Å²) in [5, 5.41) is 0. The topological polar surface area (TPSA) is 63.4 Å². The summed E-state index contributed by atoms with van der Waals surface area (Å²) in [5.41, 5.74) is 5.28. The maximum absolute atomic E-state index is 11.9. The Bertz CT molecular complexity index is 311. The second-order valence-corrected chi connectivity index (χ2v) is 5.49. The molecule has 2 rings (SSSR count). The Labute approximate surface area is 103 Å². The van der Waals surface area contributed by atoms with Gasteiger partial charge in [-0.05, 0) is 25.7 Å². The van der Waals surface area contributed by atoms with Gasteiger partial charge in [-0.2, -0.15) is 0 Å². The van der Waals surface area contributed by atoms with Gasteiger partial charge in [0.15, 0.2) is 0 Å². The van der Waals surface area contributed by atoms with Crippen molar-refractivity contribution in [3.63, 3.8) is 0 Å². The first-order chi connectivity index (χ1) is 8.09. The number of nitrogens with two attached hydrogens (primary N) is 1. The van der Waals surface area contributed by atoms with E-state index < -0.39 is 0 Å². The Kier molecular flexibility index (Phi) is 3.69. The molecule has 1 heterocycles. The van der Waals surface area contributed by atoms with Crippen LogP contribution in [-0.2, 0) is 9.59 Å². The molecule has 0 spiro atoms. The normalized spacial score (nSPS) is 28.4. The number of rotatable bonds is 3. The van der Waals surface area contributed by atoms with Gasteiger partial charge in [0.1, 0.15) is 0 Å². The molecular formula is C13H22N2O2. The van der Waals surface area contributed by atoms with E-state index in [0.717, 1.165) is 0 Å². The zero-order chi connectivity index (χ0) is 12.4. The molecule has 0 bridgehead atoms. The van der Waals surface area contributed by atoms with E-state index in [1.54, 1.807) is 0 Å². The van der Waals surface area contributed by atoms with Gasteiger partial charge in [-0.1, -0.05) is 19.3 Å². The van der Waals surface area contributed by atoms with Crippen molar-refractivity contribution >= 4 is 11.8 Å². The standard InChI is InChI=1S/C13H22N2O2/c1-9(10-5-3-2-4-6-10)15-8-11(13(14)17)7-12(15)16/h9-11H,2-8H2,1H3,(H2,14,17). The molecule has 1 saturated heterocycles. The Morgan fingerprint density at radius 1 is 1.35 bits per heavy atom. The number of nitrogens with zero attached hydrogens (tertiary/aromatic N) is 1. The third-order valence-corrected chi connectivity index (χ3v) is 4.38. The van der Waals surface area contributed by atoms with Crippen molar-refractivity contribution in [2.45, 2.75) is 51.5 Å². The van der Waals surface area contributed by atoms with E-state index in [2.05, 4.69) is 6.92 Å². The molecule has 17 heavy (non-hydrogen) atoms. The Morgan fingerprint density at radius 2 is 2.00 bits per heavy atom. The van der Waals surface area contributed by atoms with Crippen molar-refractivity contribution in [2.24, 2.45) is 17.6 Å². The number of hydrogen-bond acceptors (Lipinski definition) is 2. The van der Waals surface area contributed by atoms with Crippen LogP contribution < -0.4 is 5.73 Å². The summed E-state index contributed by atoms with van der Waals surface area (Å²) in [4.78, 5) is 24.9. The lowest BCUT2D eigenvalue weighted by atomic mass is 9.84. The van der Waals surface area contributed by atoms with Gasteiger partial charge in [0.05, 0.1) is 5.92 Å². The number of carbonyl (C=O) groups excluding carboxylic acids is 2. The molecule has 2 amide bonds. The second kappa shape index (κ2) is 5.07. The van der Waals surface area contributed by atoms with Crippen LogP contribution in [0.25, 0.3) is 0 Å². The minimum Gasteiger partial charge on any atom is -0.369 e. The Balaban J connectivity index is 1.97. The zero-order valence-corrected chi connectivity index (χ0v) is 10.5. The number of hydrogen-bond donors (Lipinski definition) is 1. The average molecular weight is 238 g/mol. The van der Waals surface area contributed by atoms with Gasteiger partial charge in [0, 0.05) is 19.0 Å². The molecule has 96 valence electrons. The van der Waals surface area contributed by atoms with Crippen LogP contribution in [0.2, 0.25) is 0 Å². The van der Waals surface area contributed by atoms with Crippen LogP contribution in [0, 0.1) is 11.8 Å². The van der Waals surface area contributed by atoms with E-state index in [-0.39, 0.29) is 23.8 Å². The highest BCUT2D eigenvalue weighted by molar-refractivity contribution is 5.88. The highest BCUT2D eigenvalue weighted by Crippen LogP contribution is 2.31. The first-order valence-corrected chi connectivity index (χ1v) is 6.68. The maximum atomic E-state index is 11.9. The lowest BCUT2D eigenvalue weighted by molar-refractivity contribution is -0.130. The van der Waals surface area contributed by atoms with Crippen molar-refractivity contribution in [2.75, 3.05) is 6.54 Å². The molecule has 2 aliphatic rings. The fraction of sp³-hybridized carbons (Fsp3) is 0.846. The smallest absolute Gasteiger partial charge is 0.223 e. The van der Waals surface area contributed by atoms with Crippen LogP contribution in [-0.4, -0.2) is 29.3 Å². The monoisotopic (exact) mass is 238 g/mol. The van der Waals surface area contributed by atoms with E-state index in [1.165, 1.54) is 32.1 Å². The van der Waals surface area contributed by atoms with Gasteiger partial charge in [0.25, 0.3) is 0 Å². The molecule has 0 aromatic carbocycles. The lowest BCUT2D eigenvalue weighted by Gasteiger charge is -2.34. The SMILES string of the molecule is CC(C1CCCCC1)N1CC(C(N)=O)CC1=O. The van der Waals surface area contributed by atoms with Gasteiger partial charge in [-0.15, -0.1) is 0 Å². The summed E-state index contributed by atoms with van der Waals surface area (Å²) >= 11 is 0. The number of primary amides is 1. The van der Waals surface area contributed by atoms with Crippen LogP contribution >= 0.6 is 0 Å². The van der Waals surface area contributed by atoms with Crippen molar-refractivity contribution in [3.05, 3.63) is 0 Å². The van der Waals surface area contributed by atoms with Crippen LogP contribution in [0.15, 0.2) is 0 Å². The molecule has 2 N–H and O–H groups in total. The lowest BCUT2D eigenvalue weighted by Crippen LogP contribution is -2.41. The van der Waals surface area contributed by atoms with E-state index in [9.17, 15) is 9.59 Å². The van der Waals surface area contributed by atoms with Crippen LogP contribution in [0.3, 0.4) is 0 Å². The largest absolute Gasteiger partial charge is 0.369 e. The molecule has 0 aromatic heterocycles. The van der Waals surface area contributed by atoms with E-state index in [1.807, 2.05) is 4.90 Å². The molecule has 4 nitrogen and oxygen atoms in total. The number of carbonyl (C=O) groups is 2. The minimum atomic E-state index is -0.336. The first-order valence-electron chi connectivity index (χ1n) is 6.68. The predicted octanol–water partition coefficient (Wildman–Crippen LogP) is 1.29. The number of amides is 2. The maximum Gasteiger partial charge on any atom is 0.223 e. The van der Waals surface area contributed by atoms with Crippen LogP contribution in [0.5, 0.6) is 0 Å². The summed E-state index contributed by atoms with van der Waals surface area (Å²) in [7, 11) is 0. The molecule has 2 atom stereocenters. The van der Waals surface area contributed by atoms with E-state index in [0.29, 0.717) is 18.9 Å². The number of likely N-dealkylation sites (tertiary alicyclic amines) is 1. The van der Waals surface area contributed by atoms with Gasteiger partial charge < -0.3 is 10.6 Å². The summed E-state index contributed by atoms with van der Waals surface area (Å²) in [5.74, 6) is 0.108. The average Bonchev–Trinajstić information content (AvgIpc) is 2.72.